The van der Waals surface area contributed by atoms with Gasteiger partial charge in [0.05, 0.1) is 13.2 Å². The van der Waals surface area contributed by atoms with Crippen molar-refractivity contribution in [3.8, 4) is 0 Å². The van der Waals surface area contributed by atoms with Crippen LogP contribution in [0.15, 0.2) is 29.3 Å². The predicted octanol–water partition coefficient (Wildman–Crippen LogP) is 1.51. The van der Waals surface area contributed by atoms with E-state index in [1.165, 1.54) is 11.1 Å². The minimum atomic E-state index is -0.0666. The smallest absolute Gasteiger partial charge is 0.239 e. The van der Waals surface area contributed by atoms with Gasteiger partial charge in [0, 0.05) is 46.4 Å². The SMILES string of the molecule is CN=C(NCC(=O)NCCOC)NC1CCN(Cc2ccccc2C)CC1.I. The average molecular weight is 503 g/mol. The number of nitrogens with zero attached hydrogens (tertiary/aromatic N) is 2. The number of halogens is 1. The number of ether oxygens (including phenoxy) is 1. The molecule has 0 radical (unpaired) electrons. The number of nitrogens with one attached hydrogen (secondary N) is 3. The van der Waals surface area contributed by atoms with Crippen LogP contribution in [0.25, 0.3) is 0 Å². The van der Waals surface area contributed by atoms with Crippen LogP contribution in [-0.4, -0.2) is 69.8 Å². The minimum absolute atomic E-state index is 0. The summed E-state index contributed by atoms with van der Waals surface area (Å²) in [5.74, 6) is 0.609. The van der Waals surface area contributed by atoms with Crippen LogP contribution < -0.4 is 16.0 Å². The molecule has 0 aromatic heterocycles. The monoisotopic (exact) mass is 503 g/mol. The van der Waals surface area contributed by atoms with Gasteiger partial charge in [0.2, 0.25) is 5.91 Å². The highest BCUT2D eigenvalue weighted by Gasteiger charge is 2.20. The van der Waals surface area contributed by atoms with E-state index < -0.39 is 0 Å². The maximum Gasteiger partial charge on any atom is 0.239 e. The van der Waals surface area contributed by atoms with Crippen LogP contribution in [0.2, 0.25) is 0 Å². The van der Waals surface area contributed by atoms with Gasteiger partial charge in [-0.3, -0.25) is 14.7 Å². The number of likely N-dealkylation sites (tertiary alicyclic amines) is 1. The Morgan fingerprint density at radius 1 is 1.25 bits per heavy atom. The summed E-state index contributed by atoms with van der Waals surface area (Å²) >= 11 is 0. The van der Waals surface area contributed by atoms with E-state index in [9.17, 15) is 4.79 Å². The molecule has 28 heavy (non-hydrogen) atoms. The van der Waals surface area contributed by atoms with Gasteiger partial charge in [-0.2, -0.15) is 0 Å². The van der Waals surface area contributed by atoms with Crippen molar-refractivity contribution in [2.45, 2.75) is 32.4 Å². The first-order chi connectivity index (χ1) is 13.1. The maximum absolute atomic E-state index is 11.8. The number of carbonyl (C=O) groups excluding carboxylic acids is 1. The van der Waals surface area contributed by atoms with E-state index in [0.29, 0.717) is 25.2 Å². The van der Waals surface area contributed by atoms with E-state index in [1.807, 2.05) is 0 Å². The molecular weight excluding hydrogens is 469 g/mol. The van der Waals surface area contributed by atoms with Crippen LogP contribution >= 0.6 is 24.0 Å². The highest BCUT2D eigenvalue weighted by Crippen LogP contribution is 2.16. The summed E-state index contributed by atoms with van der Waals surface area (Å²) in [4.78, 5) is 18.5. The lowest BCUT2D eigenvalue weighted by Gasteiger charge is -2.33. The maximum atomic E-state index is 11.8. The molecule has 0 unspecified atom stereocenters. The van der Waals surface area contributed by atoms with Crippen LogP contribution in [0.5, 0.6) is 0 Å². The van der Waals surface area contributed by atoms with Gasteiger partial charge in [0.1, 0.15) is 0 Å². The summed E-state index contributed by atoms with van der Waals surface area (Å²) in [6.45, 7) is 6.53. The van der Waals surface area contributed by atoms with Crippen LogP contribution in [0.3, 0.4) is 0 Å². The lowest BCUT2D eigenvalue weighted by atomic mass is 10.0. The average Bonchev–Trinajstić information content (AvgIpc) is 2.68. The van der Waals surface area contributed by atoms with Gasteiger partial charge in [-0.1, -0.05) is 24.3 Å². The molecule has 1 fully saturated rings. The fourth-order valence-corrected chi connectivity index (χ4v) is 3.17. The van der Waals surface area contributed by atoms with E-state index in [-0.39, 0.29) is 36.4 Å². The van der Waals surface area contributed by atoms with E-state index in [4.69, 9.17) is 4.74 Å². The molecule has 3 N–H and O–H groups in total. The Kier molecular flexibility index (Phi) is 12.1. The fraction of sp³-hybridized carbons (Fsp3) is 0.600. The quantitative estimate of drug-likeness (QED) is 0.217. The van der Waals surface area contributed by atoms with Gasteiger partial charge in [0.25, 0.3) is 0 Å². The van der Waals surface area contributed by atoms with E-state index >= 15 is 0 Å². The molecule has 0 bridgehead atoms. The summed E-state index contributed by atoms with van der Waals surface area (Å²) in [5, 5.41) is 9.29. The number of hydrogen-bond acceptors (Lipinski definition) is 4. The second kappa shape index (κ2) is 13.7. The standard InChI is InChI=1S/C20H33N5O2.HI/c1-16-6-4-5-7-17(16)15-25-11-8-18(9-12-25)24-20(21-2)23-14-19(26)22-10-13-27-3;/h4-7,18H,8-15H2,1-3H3,(H,22,26)(H2,21,23,24);1H. The van der Waals surface area contributed by atoms with Crippen molar-refractivity contribution in [1.82, 2.24) is 20.9 Å². The summed E-state index contributed by atoms with van der Waals surface area (Å²) in [6.07, 6.45) is 2.12. The molecule has 1 aliphatic heterocycles. The highest BCUT2D eigenvalue weighted by molar-refractivity contribution is 14.0. The molecule has 0 atom stereocenters. The molecule has 1 aliphatic rings. The first kappa shape index (κ1) is 24.6. The molecule has 2 rings (SSSR count). The van der Waals surface area contributed by atoms with Gasteiger partial charge < -0.3 is 20.7 Å². The van der Waals surface area contributed by atoms with Gasteiger partial charge >= 0.3 is 0 Å². The summed E-state index contributed by atoms with van der Waals surface area (Å²) < 4.78 is 4.92. The largest absolute Gasteiger partial charge is 0.383 e. The molecule has 1 aromatic carbocycles. The van der Waals surface area contributed by atoms with Crippen LogP contribution in [0.4, 0.5) is 0 Å². The van der Waals surface area contributed by atoms with Crippen LogP contribution in [0.1, 0.15) is 24.0 Å². The Morgan fingerprint density at radius 3 is 2.61 bits per heavy atom. The second-order valence-corrected chi connectivity index (χ2v) is 6.89. The van der Waals surface area contributed by atoms with E-state index in [1.54, 1.807) is 14.2 Å². The topological polar surface area (TPSA) is 78.0 Å². The van der Waals surface area contributed by atoms with E-state index in [2.05, 4.69) is 57.0 Å². The lowest BCUT2D eigenvalue weighted by molar-refractivity contribution is -0.120. The molecule has 1 amide bonds. The Balaban J connectivity index is 0.00000392. The van der Waals surface area contributed by atoms with Crippen LogP contribution in [-0.2, 0) is 16.1 Å². The molecule has 1 saturated heterocycles. The van der Waals surface area contributed by atoms with Crippen molar-refractivity contribution < 1.29 is 9.53 Å². The number of amides is 1. The predicted molar refractivity (Wildman–Crippen MR) is 124 cm³/mol. The van der Waals surface area contributed by atoms with Gasteiger partial charge in [-0.05, 0) is 30.9 Å². The van der Waals surface area contributed by atoms with Gasteiger partial charge in [-0.15, -0.1) is 24.0 Å². The number of piperidine rings is 1. The molecule has 158 valence electrons. The normalized spacial score (nSPS) is 15.6. The fourth-order valence-electron chi connectivity index (χ4n) is 3.17. The Hall–Kier alpha value is -1.39. The molecule has 7 nitrogen and oxygen atoms in total. The zero-order valence-corrected chi connectivity index (χ0v) is 19.5. The Labute approximate surface area is 185 Å². The van der Waals surface area contributed by atoms with Crippen LogP contribution in [0, 0.1) is 6.92 Å². The number of methoxy groups -OCH3 is 1. The second-order valence-electron chi connectivity index (χ2n) is 6.89. The third-order valence-corrected chi connectivity index (χ3v) is 4.85. The lowest BCUT2D eigenvalue weighted by Crippen LogP contribution is -2.50. The first-order valence-corrected chi connectivity index (χ1v) is 9.62. The zero-order valence-electron chi connectivity index (χ0n) is 17.2. The number of hydrogen-bond donors (Lipinski definition) is 3. The molecule has 8 heteroatoms. The van der Waals surface area contributed by atoms with Crippen molar-refractivity contribution >= 4 is 35.8 Å². The minimum Gasteiger partial charge on any atom is -0.383 e. The van der Waals surface area contributed by atoms with Crippen molar-refractivity contribution in [2.24, 2.45) is 4.99 Å². The number of aliphatic imine (C=N–C) groups is 1. The molecule has 0 spiro atoms. The summed E-state index contributed by atoms with van der Waals surface area (Å²) in [7, 11) is 3.34. The zero-order chi connectivity index (χ0) is 19.5. The molecular formula is C20H34IN5O2. The van der Waals surface area contributed by atoms with Crippen molar-refractivity contribution in [3.05, 3.63) is 35.4 Å². The van der Waals surface area contributed by atoms with Gasteiger partial charge in [-0.25, -0.2) is 0 Å². The molecule has 0 aliphatic carbocycles. The molecule has 1 heterocycles. The number of benzene rings is 1. The van der Waals surface area contributed by atoms with Crippen molar-refractivity contribution in [3.63, 3.8) is 0 Å². The number of rotatable bonds is 8. The number of carbonyl (C=O) groups is 1. The molecule has 0 saturated carbocycles. The highest BCUT2D eigenvalue weighted by atomic mass is 127. The van der Waals surface area contributed by atoms with E-state index in [0.717, 1.165) is 32.5 Å². The third-order valence-electron chi connectivity index (χ3n) is 4.85. The summed E-state index contributed by atoms with van der Waals surface area (Å²) in [5.41, 5.74) is 2.76. The van der Waals surface area contributed by atoms with Crippen molar-refractivity contribution in [1.29, 1.82) is 0 Å². The first-order valence-electron chi connectivity index (χ1n) is 9.62. The third kappa shape index (κ3) is 8.74. The summed E-state index contributed by atoms with van der Waals surface area (Å²) in [6, 6.07) is 8.96. The number of guanidine groups is 1. The molecule has 1 aromatic rings. The van der Waals surface area contributed by atoms with Crippen molar-refractivity contribution in [2.75, 3.05) is 46.9 Å². The number of aryl methyl sites for hydroxylation is 1. The van der Waals surface area contributed by atoms with Gasteiger partial charge in [0.15, 0.2) is 5.96 Å². The Morgan fingerprint density at radius 2 is 1.96 bits per heavy atom. The Bertz CT molecular complexity index is 618.